The number of amides is 2. The van der Waals surface area contributed by atoms with Crippen LogP contribution in [0.15, 0.2) is 76.6 Å². The van der Waals surface area contributed by atoms with Gasteiger partial charge in [0.2, 0.25) is 11.8 Å². The summed E-state index contributed by atoms with van der Waals surface area (Å²) in [4.78, 5) is 29.4. The number of ether oxygens (including phenoxy) is 1. The SMILES string of the molecule is COC1=C(NC(=O)c2nc(-c3ccc(C(C)(C)C)cc3)oc2-c2ccc(NC(C)=O)cc2)CCC=C1. The van der Waals surface area contributed by atoms with Crippen LogP contribution in [0.25, 0.3) is 22.8 Å². The molecule has 1 aromatic heterocycles. The van der Waals surface area contributed by atoms with Crippen LogP contribution in [0.1, 0.15) is 56.6 Å². The second kappa shape index (κ2) is 10.2. The van der Waals surface area contributed by atoms with Gasteiger partial charge in [0.15, 0.2) is 11.5 Å². The van der Waals surface area contributed by atoms with Crippen LogP contribution in [0.5, 0.6) is 0 Å². The van der Waals surface area contributed by atoms with Crippen molar-refractivity contribution < 1.29 is 18.7 Å². The van der Waals surface area contributed by atoms with Crippen molar-refractivity contribution in [2.45, 2.75) is 46.0 Å². The smallest absolute Gasteiger partial charge is 0.278 e. The van der Waals surface area contributed by atoms with E-state index in [0.29, 0.717) is 40.8 Å². The number of allylic oxidation sites excluding steroid dienone is 3. The van der Waals surface area contributed by atoms with E-state index in [1.165, 1.54) is 12.5 Å². The van der Waals surface area contributed by atoms with E-state index >= 15 is 0 Å². The number of oxazole rings is 1. The molecule has 1 aliphatic rings. The van der Waals surface area contributed by atoms with Crippen molar-refractivity contribution >= 4 is 17.5 Å². The summed E-state index contributed by atoms with van der Waals surface area (Å²) in [6, 6.07) is 15.1. The van der Waals surface area contributed by atoms with Crippen molar-refractivity contribution in [2.75, 3.05) is 12.4 Å². The first-order chi connectivity index (χ1) is 17.2. The van der Waals surface area contributed by atoms with Crippen LogP contribution in [0.2, 0.25) is 0 Å². The second-order valence-corrected chi connectivity index (χ2v) is 9.72. The topological polar surface area (TPSA) is 93.5 Å². The molecule has 2 amide bonds. The van der Waals surface area contributed by atoms with E-state index in [4.69, 9.17) is 9.15 Å². The molecule has 0 bridgehead atoms. The van der Waals surface area contributed by atoms with Crippen LogP contribution in [-0.2, 0) is 14.9 Å². The Balaban J connectivity index is 1.73. The maximum atomic E-state index is 13.4. The van der Waals surface area contributed by atoms with Crippen LogP contribution < -0.4 is 10.6 Å². The van der Waals surface area contributed by atoms with Crippen LogP contribution in [0, 0.1) is 0 Å². The largest absolute Gasteiger partial charge is 0.495 e. The van der Waals surface area contributed by atoms with Crippen molar-refractivity contribution in [1.82, 2.24) is 10.3 Å². The summed E-state index contributed by atoms with van der Waals surface area (Å²) in [5.41, 5.74) is 4.18. The monoisotopic (exact) mass is 485 g/mol. The van der Waals surface area contributed by atoms with E-state index in [9.17, 15) is 9.59 Å². The third kappa shape index (κ3) is 5.57. The Morgan fingerprint density at radius 2 is 1.64 bits per heavy atom. The van der Waals surface area contributed by atoms with Crippen molar-refractivity contribution in [3.05, 3.63) is 83.4 Å². The van der Waals surface area contributed by atoms with Crippen molar-refractivity contribution in [2.24, 2.45) is 0 Å². The molecule has 0 aliphatic heterocycles. The van der Waals surface area contributed by atoms with Crippen LogP contribution >= 0.6 is 0 Å². The number of aromatic nitrogens is 1. The minimum atomic E-state index is -0.378. The van der Waals surface area contributed by atoms with Gasteiger partial charge in [0.1, 0.15) is 5.76 Å². The van der Waals surface area contributed by atoms with Gasteiger partial charge in [-0.05, 0) is 66.3 Å². The van der Waals surface area contributed by atoms with Gasteiger partial charge in [-0.25, -0.2) is 4.98 Å². The Labute approximate surface area is 211 Å². The average Bonchev–Trinajstić information content (AvgIpc) is 3.30. The maximum Gasteiger partial charge on any atom is 0.278 e. The summed E-state index contributed by atoms with van der Waals surface area (Å²) in [6.45, 7) is 7.92. The van der Waals surface area contributed by atoms with Crippen molar-refractivity contribution in [1.29, 1.82) is 0 Å². The fourth-order valence-electron chi connectivity index (χ4n) is 3.97. The maximum absolute atomic E-state index is 13.4. The molecule has 1 aliphatic carbocycles. The van der Waals surface area contributed by atoms with Gasteiger partial charge in [-0.1, -0.05) is 39.0 Å². The van der Waals surface area contributed by atoms with Crippen molar-refractivity contribution in [3.8, 4) is 22.8 Å². The van der Waals surface area contributed by atoms with E-state index < -0.39 is 0 Å². The molecule has 4 rings (SSSR count). The molecule has 3 aromatic rings. The van der Waals surface area contributed by atoms with E-state index in [1.807, 2.05) is 36.4 Å². The standard InChI is InChI=1S/C29H31N3O4/c1-18(33)30-22-16-12-19(13-17-22)26-25(27(34)31-23-8-6-7-9-24(23)35-5)32-28(36-26)20-10-14-21(15-11-20)29(2,3)4/h7,9-17H,6,8H2,1-5H3,(H,30,33)(H,31,34). The molecule has 2 N–H and O–H groups in total. The van der Waals surface area contributed by atoms with E-state index in [1.54, 1.807) is 31.4 Å². The number of carbonyl (C=O) groups excluding carboxylic acids is 2. The first-order valence-electron chi connectivity index (χ1n) is 11.9. The van der Waals surface area contributed by atoms with Crippen molar-refractivity contribution in [3.63, 3.8) is 0 Å². The fraction of sp³-hybridized carbons (Fsp3) is 0.276. The number of methoxy groups -OCH3 is 1. The number of nitrogens with zero attached hydrogens (tertiary/aromatic N) is 1. The highest BCUT2D eigenvalue weighted by Crippen LogP contribution is 2.32. The van der Waals surface area contributed by atoms with Gasteiger partial charge in [0.05, 0.1) is 12.8 Å². The summed E-state index contributed by atoms with van der Waals surface area (Å²) in [5.74, 6) is 0.787. The fourth-order valence-corrected chi connectivity index (χ4v) is 3.97. The number of hydrogen-bond acceptors (Lipinski definition) is 5. The number of anilines is 1. The number of hydrogen-bond donors (Lipinski definition) is 2. The first kappa shape index (κ1) is 25.0. The average molecular weight is 486 g/mol. The Hall–Kier alpha value is -4.13. The number of carbonyl (C=O) groups is 2. The molecule has 0 spiro atoms. The zero-order valence-electron chi connectivity index (χ0n) is 21.3. The van der Waals surface area contributed by atoms with Crippen LogP contribution in [0.4, 0.5) is 5.69 Å². The highest BCUT2D eigenvalue weighted by molar-refractivity contribution is 5.99. The van der Waals surface area contributed by atoms with Gasteiger partial charge < -0.3 is 19.8 Å². The molecule has 0 fully saturated rings. The Morgan fingerprint density at radius 3 is 2.25 bits per heavy atom. The predicted molar refractivity (Wildman–Crippen MR) is 140 cm³/mol. The first-order valence-corrected chi connectivity index (χ1v) is 11.9. The van der Waals surface area contributed by atoms with Gasteiger partial charge in [-0.15, -0.1) is 0 Å². The number of benzene rings is 2. The van der Waals surface area contributed by atoms with E-state index in [2.05, 4.69) is 36.4 Å². The van der Waals surface area contributed by atoms with Gasteiger partial charge >= 0.3 is 0 Å². The van der Waals surface area contributed by atoms with Crippen LogP contribution in [-0.4, -0.2) is 23.9 Å². The summed E-state index contributed by atoms with van der Waals surface area (Å²) in [5, 5.41) is 5.71. The van der Waals surface area contributed by atoms with Gasteiger partial charge in [-0.2, -0.15) is 0 Å². The molecule has 7 heteroatoms. The molecule has 0 unspecified atom stereocenters. The van der Waals surface area contributed by atoms with E-state index in [0.717, 1.165) is 12.0 Å². The second-order valence-electron chi connectivity index (χ2n) is 9.72. The number of rotatable bonds is 6. The Bertz CT molecular complexity index is 1320. The summed E-state index contributed by atoms with van der Waals surface area (Å²) in [7, 11) is 1.58. The van der Waals surface area contributed by atoms with Gasteiger partial charge in [0.25, 0.3) is 5.91 Å². The lowest BCUT2D eigenvalue weighted by atomic mass is 9.87. The summed E-state index contributed by atoms with van der Waals surface area (Å²) >= 11 is 0. The Morgan fingerprint density at radius 1 is 0.972 bits per heavy atom. The third-order valence-electron chi connectivity index (χ3n) is 5.92. The number of nitrogens with one attached hydrogen (secondary N) is 2. The molecular weight excluding hydrogens is 454 g/mol. The molecule has 0 radical (unpaired) electrons. The lowest BCUT2D eigenvalue weighted by molar-refractivity contribution is -0.114. The van der Waals surface area contributed by atoms with E-state index in [-0.39, 0.29) is 22.9 Å². The summed E-state index contributed by atoms with van der Waals surface area (Å²) < 4.78 is 11.6. The van der Waals surface area contributed by atoms with Gasteiger partial charge in [0, 0.05) is 23.7 Å². The molecule has 1 heterocycles. The molecule has 2 aromatic carbocycles. The zero-order chi connectivity index (χ0) is 25.9. The lowest BCUT2D eigenvalue weighted by Crippen LogP contribution is -2.26. The molecular formula is C29H31N3O4. The van der Waals surface area contributed by atoms with Gasteiger partial charge in [-0.3, -0.25) is 9.59 Å². The Kier molecular flexibility index (Phi) is 7.10. The predicted octanol–water partition coefficient (Wildman–Crippen LogP) is 6.20. The summed E-state index contributed by atoms with van der Waals surface area (Å²) in [6.07, 6.45) is 5.33. The molecule has 7 nitrogen and oxygen atoms in total. The minimum Gasteiger partial charge on any atom is -0.495 e. The molecule has 0 saturated carbocycles. The van der Waals surface area contributed by atoms with Crippen LogP contribution in [0.3, 0.4) is 0 Å². The molecule has 0 atom stereocenters. The molecule has 0 saturated heterocycles. The highest BCUT2D eigenvalue weighted by Gasteiger charge is 2.24. The highest BCUT2D eigenvalue weighted by atomic mass is 16.5. The lowest BCUT2D eigenvalue weighted by Gasteiger charge is -2.18. The molecule has 36 heavy (non-hydrogen) atoms. The molecule has 186 valence electrons. The zero-order valence-corrected chi connectivity index (χ0v) is 21.3. The normalized spacial score (nSPS) is 13.5. The third-order valence-corrected chi connectivity index (χ3v) is 5.92. The minimum absolute atomic E-state index is 0.0161. The quantitative estimate of drug-likeness (QED) is 0.433.